The van der Waals surface area contributed by atoms with Crippen LogP contribution in [0.3, 0.4) is 0 Å². The van der Waals surface area contributed by atoms with Gasteiger partial charge in [0.05, 0.1) is 0 Å². The zero-order chi connectivity index (χ0) is 19.6. The van der Waals surface area contributed by atoms with Crippen LogP contribution in [0.4, 0.5) is 4.79 Å². The van der Waals surface area contributed by atoms with Gasteiger partial charge in [0.15, 0.2) is 0 Å². The quantitative estimate of drug-likeness (QED) is 0.685. The van der Waals surface area contributed by atoms with Gasteiger partial charge in [0, 0.05) is 23.6 Å². The molecule has 0 N–H and O–H groups in total. The third kappa shape index (κ3) is 5.47. The Morgan fingerprint density at radius 3 is 2.41 bits per heavy atom. The number of likely N-dealkylation sites (tertiary alicyclic amines) is 1. The molecule has 1 saturated heterocycles. The van der Waals surface area contributed by atoms with Crippen molar-refractivity contribution in [2.24, 2.45) is 0 Å². The molecule has 0 unspecified atom stereocenters. The number of benzene rings is 1. The minimum atomic E-state index is -0.560. The molecule has 1 aromatic carbocycles. The number of amides is 2. The third-order valence-electron chi connectivity index (χ3n) is 4.95. The van der Waals surface area contributed by atoms with Gasteiger partial charge in [0.1, 0.15) is 11.6 Å². The van der Waals surface area contributed by atoms with Gasteiger partial charge in [-0.2, -0.15) is 0 Å². The van der Waals surface area contributed by atoms with Crippen LogP contribution in [0.5, 0.6) is 0 Å². The lowest BCUT2D eigenvalue weighted by Crippen LogP contribution is -2.54. The lowest BCUT2D eigenvalue weighted by Gasteiger charge is -2.38. The van der Waals surface area contributed by atoms with Crippen LogP contribution in [0.25, 0.3) is 0 Å². The molecule has 1 aromatic rings. The summed E-state index contributed by atoms with van der Waals surface area (Å²) in [6.45, 7) is 6.75. The molecule has 27 heavy (non-hydrogen) atoms. The monoisotopic (exact) mass is 436 g/mol. The second-order valence-electron chi connectivity index (χ2n) is 8.51. The van der Waals surface area contributed by atoms with E-state index in [4.69, 9.17) is 4.74 Å². The van der Waals surface area contributed by atoms with E-state index in [0.29, 0.717) is 25.6 Å². The predicted molar refractivity (Wildman–Crippen MR) is 108 cm³/mol. The molecule has 1 saturated carbocycles. The molecule has 0 bridgehead atoms. The topological polar surface area (TPSA) is 49.9 Å². The van der Waals surface area contributed by atoms with Crippen LogP contribution in [0.15, 0.2) is 28.7 Å². The highest BCUT2D eigenvalue weighted by Gasteiger charge is 2.41. The Kier molecular flexibility index (Phi) is 6.14. The molecule has 6 heteroatoms. The number of carbonyl (C=O) groups excluding carboxylic acids is 2. The van der Waals surface area contributed by atoms with E-state index in [-0.39, 0.29) is 12.0 Å². The van der Waals surface area contributed by atoms with Crippen LogP contribution in [0, 0.1) is 0 Å². The fourth-order valence-electron chi connectivity index (χ4n) is 3.48. The van der Waals surface area contributed by atoms with E-state index >= 15 is 0 Å². The number of rotatable bonds is 4. The summed E-state index contributed by atoms with van der Waals surface area (Å²) in [5, 5.41) is 0. The largest absolute Gasteiger partial charge is 0.444 e. The van der Waals surface area contributed by atoms with Crippen molar-refractivity contribution in [3.05, 3.63) is 34.3 Å². The Morgan fingerprint density at radius 1 is 1.15 bits per heavy atom. The van der Waals surface area contributed by atoms with E-state index in [2.05, 4.69) is 15.9 Å². The van der Waals surface area contributed by atoms with E-state index in [1.54, 1.807) is 4.90 Å². The van der Waals surface area contributed by atoms with Gasteiger partial charge in [0.2, 0.25) is 5.91 Å². The van der Waals surface area contributed by atoms with Gasteiger partial charge in [-0.25, -0.2) is 4.79 Å². The van der Waals surface area contributed by atoms with Crippen molar-refractivity contribution >= 4 is 27.9 Å². The van der Waals surface area contributed by atoms with Gasteiger partial charge in [-0.1, -0.05) is 28.1 Å². The van der Waals surface area contributed by atoms with Crippen LogP contribution in [0.1, 0.15) is 58.4 Å². The number of piperidine rings is 1. The van der Waals surface area contributed by atoms with Crippen molar-refractivity contribution in [2.75, 3.05) is 6.54 Å². The Hall–Kier alpha value is -1.56. The Labute approximate surface area is 170 Å². The third-order valence-corrected chi connectivity index (χ3v) is 5.48. The molecular formula is C21H29BrN2O3. The van der Waals surface area contributed by atoms with Gasteiger partial charge in [-0.05, 0) is 70.6 Å². The molecule has 1 aliphatic heterocycles. The zero-order valence-electron chi connectivity index (χ0n) is 16.4. The van der Waals surface area contributed by atoms with Gasteiger partial charge in [0.25, 0.3) is 0 Å². The predicted octanol–water partition coefficient (Wildman–Crippen LogP) is 4.73. The van der Waals surface area contributed by atoms with E-state index < -0.39 is 11.6 Å². The van der Waals surface area contributed by atoms with Crippen LogP contribution < -0.4 is 0 Å². The number of hydrogen-bond donors (Lipinski definition) is 0. The summed E-state index contributed by atoms with van der Waals surface area (Å²) >= 11 is 3.45. The normalized spacial score (nSPS) is 20.3. The smallest absolute Gasteiger partial charge is 0.410 e. The highest BCUT2D eigenvalue weighted by atomic mass is 79.9. The van der Waals surface area contributed by atoms with E-state index in [1.165, 1.54) is 0 Å². The molecule has 2 aliphatic rings. The fraction of sp³-hybridized carbons (Fsp3) is 0.619. The maximum atomic E-state index is 13.4. The molecule has 1 heterocycles. The first kappa shape index (κ1) is 20.2. The number of nitrogens with zero attached hydrogens (tertiary/aromatic N) is 2. The van der Waals surface area contributed by atoms with Crippen LogP contribution >= 0.6 is 15.9 Å². The summed E-state index contributed by atoms with van der Waals surface area (Å²) in [5.41, 5.74) is 0.550. The Morgan fingerprint density at radius 2 is 1.81 bits per heavy atom. The van der Waals surface area contributed by atoms with E-state index in [9.17, 15) is 9.59 Å². The molecule has 148 valence electrons. The zero-order valence-corrected chi connectivity index (χ0v) is 18.0. The first-order valence-corrected chi connectivity index (χ1v) is 10.6. The number of hydrogen-bond acceptors (Lipinski definition) is 3. The first-order valence-electron chi connectivity index (χ1n) is 9.79. The number of halogens is 1. The maximum Gasteiger partial charge on any atom is 0.410 e. The summed E-state index contributed by atoms with van der Waals surface area (Å²) < 4.78 is 6.58. The molecule has 2 amide bonds. The molecule has 3 rings (SSSR count). The molecular weight excluding hydrogens is 408 g/mol. The Balaban J connectivity index is 1.74. The summed E-state index contributed by atoms with van der Waals surface area (Å²) in [4.78, 5) is 29.7. The molecule has 5 nitrogen and oxygen atoms in total. The molecule has 1 atom stereocenters. The number of ether oxygens (including phenoxy) is 1. The molecule has 0 radical (unpaired) electrons. The lowest BCUT2D eigenvalue weighted by atomic mass is 10.0. The second kappa shape index (κ2) is 8.21. The maximum absolute atomic E-state index is 13.4. The average molecular weight is 437 g/mol. The van der Waals surface area contributed by atoms with Gasteiger partial charge < -0.3 is 9.64 Å². The van der Waals surface area contributed by atoms with E-state index in [0.717, 1.165) is 35.7 Å². The average Bonchev–Trinajstić information content (AvgIpc) is 3.44. The van der Waals surface area contributed by atoms with Crippen molar-refractivity contribution in [3.8, 4) is 0 Å². The summed E-state index contributed by atoms with van der Waals surface area (Å²) in [5.74, 6) is 0.0611. The SMILES string of the molecule is CC(C)(C)OC(=O)N1CCCC[C@H]1C(=O)N(Cc1ccc(Br)cc1)C1CC1. The van der Waals surface area contributed by atoms with Crippen molar-refractivity contribution in [3.63, 3.8) is 0 Å². The van der Waals surface area contributed by atoms with Gasteiger partial charge >= 0.3 is 6.09 Å². The van der Waals surface area contributed by atoms with E-state index in [1.807, 2.05) is 49.9 Å². The van der Waals surface area contributed by atoms with Crippen molar-refractivity contribution in [1.82, 2.24) is 9.80 Å². The van der Waals surface area contributed by atoms with Crippen LogP contribution in [-0.2, 0) is 16.1 Å². The van der Waals surface area contributed by atoms with Crippen molar-refractivity contribution in [2.45, 2.75) is 77.1 Å². The standard InChI is InChI=1S/C21H29BrN2O3/c1-21(2,3)27-20(26)23-13-5-4-6-18(23)19(25)24(17-11-12-17)14-15-7-9-16(22)10-8-15/h7-10,17-18H,4-6,11-14H2,1-3H3/t18-/m0/s1. The molecule has 0 aromatic heterocycles. The molecule has 1 aliphatic carbocycles. The summed E-state index contributed by atoms with van der Waals surface area (Å²) in [6.07, 6.45) is 4.30. The highest BCUT2D eigenvalue weighted by molar-refractivity contribution is 9.10. The van der Waals surface area contributed by atoms with Crippen LogP contribution in [-0.4, -0.2) is 46.0 Å². The fourth-order valence-corrected chi connectivity index (χ4v) is 3.74. The summed E-state index contributed by atoms with van der Waals surface area (Å²) in [6, 6.07) is 7.96. The first-order chi connectivity index (χ1) is 12.7. The van der Waals surface area contributed by atoms with Crippen LogP contribution in [0.2, 0.25) is 0 Å². The second-order valence-corrected chi connectivity index (χ2v) is 9.42. The minimum absolute atomic E-state index is 0.0611. The minimum Gasteiger partial charge on any atom is -0.444 e. The van der Waals surface area contributed by atoms with Gasteiger partial charge in [-0.15, -0.1) is 0 Å². The van der Waals surface area contributed by atoms with Crippen molar-refractivity contribution < 1.29 is 14.3 Å². The lowest BCUT2D eigenvalue weighted by molar-refractivity contribution is -0.139. The van der Waals surface area contributed by atoms with Crippen molar-refractivity contribution in [1.29, 1.82) is 0 Å². The molecule has 2 fully saturated rings. The summed E-state index contributed by atoms with van der Waals surface area (Å²) in [7, 11) is 0. The highest BCUT2D eigenvalue weighted by Crippen LogP contribution is 2.31. The number of carbonyl (C=O) groups is 2. The molecule has 0 spiro atoms. The van der Waals surface area contributed by atoms with Gasteiger partial charge in [-0.3, -0.25) is 9.69 Å². The Bertz CT molecular complexity index is 680.